The predicted molar refractivity (Wildman–Crippen MR) is 85.7 cm³/mol. The summed E-state index contributed by atoms with van der Waals surface area (Å²) in [4.78, 5) is 0. The van der Waals surface area contributed by atoms with Crippen LogP contribution in [0.15, 0.2) is 16.6 Å². The highest BCUT2D eigenvalue weighted by Gasteiger charge is 2.10. The van der Waals surface area contributed by atoms with Gasteiger partial charge in [0.1, 0.15) is 6.07 Å². The van der Waals surface area contributed by atoms with Gasteiger partial charge in [0, 0.05) is 11.0 Å². The number of benzene rings is 1. The predicted octanol–water partition coefficient (Wildman–Crippen LogP) is 3.67. The Morgan fingerprint density at radius 2 is 1.95 bits per heavy atom. The lowest BCUT2D eigenvalue weighted by molar-refractivity contribution is 0.298. The van der Waals surface area contributed by atoms with E-state index in [0.29, 0.717) is 18.1 Å². The second-order valence-electron chi connectivity index (χ2n) is 3.95. The van der Waals surface area contributed by atoms with Crippen LogP contribution in [0, 0.1) is 11.3 Å². The molecule has 20 heavy (non-hydrogen) atoms. The van der Waals surface area contributed by atoms with Crippen LogP contribution in [0.1, 0.15) is 25.8 Å². The molecule has 0 bridgehead atoms. The van der Waals surface area contributed by atoms with E-state index < -0.39 is 0 Å². The summed E-state index contributed by atoms with van der Waals surface area (Å²) in [5.74, 6) is 1.27. The van der Waals surface area contributed by atoms with Gasteiger partial charge in [0.05, 0.1) is 6.61 Å². The van der Waals surface area contributed by atoms with Crippen molar-refractivity contribution in [2.75, 3.05) is 19.8 Å². The SMILES string of the molecule is CCCNCc1cc(OCC)c(OCC#N)cc1Br.Cl. The second kappa shape index (κ2) is 10.8. The molecule has 0 spiro atoms. The van der Waals surface area contributed by atoms with Crippen molar-refractivity contribution in [2.45, 2.75) is 26.8 Å². The molecule has 0 heterocycles. The lowest BCUT2D eigenvalue weighted by Crippen LogP contribution is -2.14. The Kier molecular flexibility index (Phi) is 10.3. The number of halogens is 2. The van der Waals surface area contributed by atoms with Crippen molar-refractivity contribution < 1.29 is 9.47 Å². The van der Waals surface area contributed by atoms with E-state index in [-0.39, 0.29) is 19.0 Å². The van der Waals surface area contributed by atoms with Crippen LogP contribution >= 0.6 is 28.3 Å². The van der Waals surface area contributed by atoms with E-state index in [1.165, 1.54) is 0 Å². The van der Waals surface area contributed by atoms with E-state index in [4.69, 9.17) is 14.7 Å². The van der Waals surface area contributed by atoms with Crippen LogP contribution in [0.4, 0.5) is 0 Å². The average molecular weight is 364 g/mol. The Hall–Kier alpha value is -0.960. The molecular formula is C14H20BrClN2O2. The molecule has 0 saturated heterocycles. The molecule has 0 amide bonds. The first-order chi connectivity index (χ1) is 9.22. The molecule has 6 heteroatoms. The first-order valence-electron chi connectivity index (χ1n) is 6.38. The maximum atomic E-state index is 8.58. The van der Waals surface area contributed by atoms with Crippen molar-refractivity contribution in [3.05, 3.63) is 22.2 Å². The van der Waals surface area contributed by atoms with Gasteiger partial charge in [-0.05, 0) is 37.6 Å². The van der Waals surface area contributed by atoms with Crippen LogP contribution in [0.25, 0.3) is 0 Å². The molecule has 0 aliphatic heterocycles. The minimum Gasteiger partial charge on any atom is -0.490 e. The van der Waals surface area contributed by atoms with Crippen LogP contribution < -0.4 is 14.8 Å². The summed E-state index contributed by atoms with van der Waals surface area (Å²) in [6, 6.07) is 5.76. The molecule has 4 nitrogen and oxygen atoms in total. The van der Waals surface area contributed by atoms with Crippen LogP contribution in [0.3, 0.4) is 0 Å². The van der Waals surface area contributed by atoms with Crippen molar-refractivity contribution >= 4 is 28.3 Å². The van der Waals surface area contributed by atoms with Crippen LogP contribution in [0.5, 0.6) is 11.5 Å². The van der Waals surface area contributed by atoms with E-state index >= 15 is 0 Å². The third kappa shape index (κ3) is 6.00. The zero-order valence-electron chi connectivity index (χ0n) is 11.7. The maximum absolute atomic E-state index is 8.58. The fraction of sp³-hybridized carbons (Fsp3) is 0.500. The van der Waals surface area contributed by atoms with E-state index in [0.717, 1.165) is 29.5 Å². The molecule has 1 rings (SSSR count). The summed E-state index contributed by atoms with van der Waals surface area (Å²) >= 11 is 3.52. The van der Waals surface area contributed by atoms with E-state index in [2.05, 4.69) is 28.2 Å². The van der Waals surface area contributed by atoms with Crippen LogP contribution in [-0.4, -0.2) is 19.8 Å². The van der Waals surface area contributed by atoms with Crippen LogP contribution in [0.2, 0.25) is 0 Å². The molecule has 0 radical (unpaired) electrons. The summed E-state index contributed by atoms with van der Waals surface area (Å²) < 4.78 is 11.9. The number of nitrogens with one attached hydrogen (secondary N) is 1. The Morgan fingerprint density at radius 1 is 1.25 bits per heavy atom. The number of ether oxygens (including phenoxy) is 2. The average Bonchev–Trinajstić information content (AvgIpc) is 2.40. The molecule has 1 aromatic carbocycles. The van der Waals surface area contributed by atoms with Crippen LogP contribution in [-0.2, 0) is 6.54 Å². The summed E-state index contributed by atoms with van der Waals surface area (Å²) in [5, 5.41) is 11.9. The van der Waals surface area contributed by atoms with Gasteiger partial charge in [-0.2, -0.15) is 5.26 Å². The number of hydrogen-bond donors (Lipinski definition) is 1. The molecular weight excluding hydrogens is 344 g/mol. The smallest absolute Gasteiger partial charge is 0.174 e. The fourth-order valence-corrected chi connectivity index (χ4v) is 2.07. The van der Waals surface area contributed by atoms with Crippen molar-refractivity contribution in [2.24, 2.45) is 0 Å². The molecule has 1 aromatic rings. The highest BCUT2D eigenvalue weighted by atomic mass is 79.9. The molecule has 0 aromatic heterocycles. The first-order valence-corrected chi connectivity index (χ1v) is 7.17. The normalized spacial score (nSPS) is 9.50. The molecule has 0 saturated carbocycles. The van der Waals surface area contributed by atoms with Gasteiger partial charge in [-0.15, -0.1) is 12.4 Å². The lowest BCUT2D eigenvalue weighted by atomic mass is 10.2. The minimum atomic E-state index is 0. The zero-order valence-corrected chi connectivity index (χ0v) is 14.1. The molecule has 0 aliphatic rings. The standard InChI is InChI=1S/C14H19BrN2O2.ClH/c1-3-6-17-10-11-8-13(18-4-2)14(9-12(11)15)19-7-5-16;/h8-9,17H,3-4,6-7,10H2,1-2H3;1H. The van der Waals surface area contributed by atoms with Gasteiger partial charge in [-0.1, -0.05) is 22.9 Å². The Morgan fingerprint density at radius 3 is 2.55 bits per heavy atom. The molecule has 0 atom stereocenters. The quantitative estimate of drug-likeness (QED) is 0.716. The molecule has 0 aliphatic carbocycles. The Balaban J connectivity index is 0.00000361. The number of nitrogens with zero attached hydrogens (tertiary/aromatic N) is 1. The largest absolute Gasteiger partial charge is 0.490 e. The van der Waals surface area contributed by atoms with E-state index in [1.807, 2.05) is 25.1 Å². The third-order valence-corrected chi connectivity index (χ3v) is 3.19. The number of hydrogen-bond acceptors (Lipinski definition) is 4. The van der Waals surface area contributed by atoms with Crippen molar-refractivity contribution in [1.82, 2.24) is 5.32 Å². The molecule has 112 valence electrons. The van der Waals surface area contributed by atoms with Crippen molar-refractivity contribution in [1.29, 1.82) is 5.26 Å². The summed E-state index contributed by atoms with van der Waals surface area (Å²) in [5.41, 5.74) is 1.11. The third-order valence-electron chi connectivity index (χ3n) is 2.45. The van der Waals surface area contributed by atoms with Gasteiger partial charge in [-0.3, -0.25) is 0 Å². The van der Waals surface area contributed by atoms with Crippen molar-refractivity contribution in [3.8, 4) is 17.6 Å². The number of nitriles is 1. The van der Waals surface area contributed by atoms with Crippen molar-refractivity contribution in [3.63, 3.8) is 0 Å². The van der Waals surface area contributed by atoms with Gasteiger partial charge in [0.25, 0.3) is 0 Å². The number of rotatable bonds is 8. The Bertz CT molecular complexity index is 450. The fourth-order valence-electron chi connectivity index (χ4n) is 1.60. The van der Waals surface area contributed by atoms with E-state index in [9.17, 15) is 0 Å². The molecule has 0 fully saturated rings. The first kappa shape index (κ1) is 19.0. The van der Waals surface area contributed by atoms with Gasteiger partial charge in [0.2, 0.25) is 0 Å². The zero-order chi connectivity index (χ0) is 14.1. The van der Waals surface area contributed by atoms with Gasteiger partial charge in [0.15, 0.2) is 18.1 Å². The van der Waals surface area contributed by atoms with E-state index in [1.54, 1.807) is 0 Å². The monoisotopic (exact) mass is 362 g/mol. The summed E-state index contributed by atoms with van der Waals surface area (Å²) in [6.45, 7) is 6.38. The maximum Gasteiger partial charge on any atom is 0.174 e. The highest BCUT2D eigenvalue weighted by molar-refractivity contribution is 9.10. The highest BCUT2D eigenvalue weighted by Crippen LogP contribution is 2.33. The summed E-state index contributed by atoms with van der Waals surface area (Å²) in [7, 11) is 0. The summed E-state index contributed by atoms with van der Waals surface area (Å²) in [6.07, 6.45) is 1.10. The van der Waals surface area contributed by atoms with Gasteiger partial charge in [-0.25, -0.2) is 0 Å². The second-order valence-corrected chi connectivity index (χ2v) is 4.80. The lowest BCUT2D eigenvalue weighted by Gasteiger charge is -2.14. The molecule has 0 unspecified atom stereocenters. The minimum absolute atomic E-state index is 0. The Labute approximate surface area is 135 Å². The molecule has 1 N–H and O–H groups in total. The topological polar surface area (TPSA) is 54.3 Å². The van der Waals surface area contributed by atoms with Gasteiger partial charge < -0.3 is 14.8 Å². The van der Waals surface area contributed by atoms with Gasteiger partial charge >= 0.3 is 0 Å².